The van der Waals surface area contributed by atoms with Gasteiger partial charge >= 0.3 is 5.97 Å². The number of carbonyl (C=O) groups is 5. The molecule has 4 amide bonds. The average Bonchev–Trinajstić information content (AvgIpc) is 2.83. The molecule has 8 N–H and O–H groups in total. The lowest BCUT2D eigenvalue weighted by Crippen LogP contribution is -2.57. The van der Waals surface area contributed by atoms with Gasteiger partial charge in [-0.25, -0.2) is 4.79 Å². The van der Waals surface area contributed by atoms with Crippen molar-refractivity contribution < 1.29 is 29.1 Å². The van der Waals surface area contributed by atoms with Crippen LogP contribution in [0.1, 0.15) is 24.5 Å². The Labute approximate surface area is 208 Å². The van der Waals surface area contributed by atoms with Gasteiger partial charge in [-0.15, -0.1) is 0 Å². The molecular weight excluding hydrogens is 466 g/mol. The molecule has 0 heterocycles. The van der Waals surface area contributed by atoms with E-state index in [1.165, 1.54) is 6.92 Å². The lowest BCUT2D eigenvalue weighted by Gasteiger charge is -2.23. The molecule has 0 aliphatic heterocycles. The van der Waals surface area contributed by atoms with Crippen molar-refractivity contribution in [3.8, 4) is 0 Å². The number of aliphatic carboxylic acids is 1. The number of nitrogens with one attached hydrogen (secondary N) is 3. The molecule has 36 heavy (non-hydrogen) atoms. The van der Waals surface area contributed by atoms with Crippen LogP contribution in [-0.4, -0.2) is 58.9 Å². The number of hydrogen-bond donors (Lipinski definition) is 6. The zero-order chi connectivity index (χ0) is 26.7. The van der Waals surface area contributed by atoms with Crippen molar-refractivity contribution in [3.63, 3.8) is 0 Å². The van der Waals surface area contributed by atoms with Gasteiger partial charge in [-0.2, -0.15) is 0 Å². The van der Waals surface area contributed by atoms with Crippen LogP contribution in [0.4, 0.5) is 0 Å². The Balaban J connectivity index is 2.07. The first-order valence-electron chi connectivity index (χ1n) is 11.3. The van der Waals surface area contributed by atoms with Crippen molar-refractivity contribution in [1.29, 1.82) is 0 Å². The molecule has 4 unspecified atom stereocenters. The van der Waals surface area contributed by atoms with Gasteiger partial charge in [-0.3, -0.25) is 19.2 Å². The van der Waals surface area contributed by atoms with Crippen molar-refractivity contribution in [2.24, 2.45) is 11.5 Å². The van der Waals surface area contributed by atoms with E-state index in [1.807, 2.05) is 30.3 Å². The molecule has 0 radical (unpaired) electrons. The summed E-state index contributed by atoms with van der Waals surface area (Å²) in [5.74, 6) is -4.39. The highest BCUT2D eigenvalue weighted by Gasteiger charge is 2.29. The van der Waals surface area contributed by atoms with Crippen LogP contribution in [0.15, 0.2) is 60.7 Å². The van der Waals surface area contributed by atoms with Crippen molar-refractivity contribution in [3.05, 3.63) is 71.8 Å². The van der Waals surface area contributed by atoms with Crippen LogP contribution < -0.4 is 27.4 Å². The highest BCUT2D eigenvalue weighted by Crippen LogP contribution is 2.06. The van der Waals surface area contributed by atoms with Crippen molar-refractivity contribution in [1.82, 2.24) is 16.0 Å². The van der Waals surface area contributed by atoms with Gasteiger partial charge in [0.1, 0.15) is 18.1 Å². The summed E-state index contributed by atoms with van der Waals surface area (Å²) in [4.78, 5) is 60.8. The minimum atomic E-state index is -1.56. The Hall–Kier alpha value is -4.25. The maximum absolute atomic E-state index is 12.9. The molecule has 2 aromatic carbocycles. The summed E-state index contributed by atoms with van der Waals surface area (Å²) < 4.78 is 0. The maximum atomic E-state index is 12.9. The molecule has 0 saturated carbocycles. The number of primary amides is 1. The highest BCUT2D eigenvalue weighted by atomic mass is 16.4. The quantitative estimate of drug-likeness (QED) is 0.209. The number of hydrogen-bond acceptors (Lipinski definition) is 6. The maximum Gasteiger partial charge on any atom is 0.326 e. The summed E-state index contributed by atoms with van der Waals surface area (Å²) in [5, 5.41) is 16.6. The van der Waals surface area contributed by atoms with Crippen LogP contribution in [0.2, 0.25) is 0 Å². The normalized spacial score (nSPS) is 13.9. The SMILES string of the molecule is CC(NC(=O)C(N)Cc1ccccc1)C(=O)NC(Cc1ccccc1)C(=O)NC(CC(N)=O)C(=O)O. The summed E-state index contributed by atoms with van der Waals surface area (Å²) in [7, 11) is 0. The highest BCUT2D eigenvalue weighted by molar-refractivity contribution is 5.94. The van der Waals surface area contributed by atoms with Gasteiger partial charge in [0, 0.05) is 6.42 Å². The van der Waals surface area contributed by atoms with Crippen LogP contribution in [0, 0.1) is 0 Å². The fraction of sp³-hybridized carbons (Fsp3) is 0.320. The predicted octanol–water partition coefficient (Wildman–Crippen LogP) is -0.767. The van der Waals surface area contributed by atoms with Crippen LogP contribution in [-0.2, 0) is 36.8 Å². The first-order chi connectivity index (χ1) is 17.1. The lowest BCUT2D eigenvalue weighted by atomic mass is 10.0. The minimum Gasteiger partial charge on any atom is -0.480 e. The van der Waals surface area contributed by atoms with E-state index in [0.29, 0.717) is 5.56 Å². The Morgan fingerprint density at radius 3 is 1.75 bits per heavy atom. The Morgan fingerprint density at radius 2 is 1.25 bits per heavy atom. The molecule has 0 saturated heterocycles. The zero-order valence-corrected chi connectivity index (χ0v) is 19.8. The molecule has 192 valence electrons. The largest absolute Gasteiger partial charge is 0.480 e. The second kappa shape index (κ2) is 13.6. The van der Waals surface area contributed by atoms with Gasteiger partial charge in [0.25, 0.3) is 0 Å². The van der Waals surface area contributed by atoms with Crippen LogP contribution >= 0.6 is 0 Å². The summed E-state index contributed by atoms with van der Waals surface area (Å²) in [6.45, 7) is 1.44. The number of nitrogens with two attached hydrogens (primary N) is 2. The number of benzene rings is 2. The summed E-state index contributed by atoms with van der Waals surface area (Å²) in [6, 6.07) is 13.2. The number of carbonyl (C=O) groups excluding carboxylic acids is 4. The molecule has 0 aromatic heterocycles. The first kappa shape index (κ1) is 28.0. The second-order valence-corrected chi connectivity index (χ2v) is 8.35. The molecule has 2 rings (SSSR count). The summed E-state index contributed by atoms with van der Waals surface area (Å²) >= 11 is 0. The third kappa shape index (κ3) is 9.18. The monoisotopic (exact) mass is 497 g/mol. The van der Waals surface area contributed by atoms with Gasteiger partial charge in [0.05, 0.1) is 12.5 Å². The molecule has 0 aliphatic rings. The van der Waals surface area contributed by atoms with Crippen molar-refractivity contribution in [2.75, 3.05) is 0 Å². The molecule has 11 heteroatoms. The van der Waals surface area contributed by atoms with E-state index in [0.717, 1.165) is 5.56 Å². The molecule has 11 nitrogen and oxygen atoms in total. The molecule has 0 spiro atoms. The van der Waals surface area contributed by atoms with Crippen LogP contribution in [0.3, 0.4) is 0 Å². The Morgan fingerprint density at radius 1 is 0.750 bits per heavy atom. The van der Waals surface area contributed by atoms with Gasteiger partial charge in [-0.1, -0.05) is 60.7 Å². The van der Waals surface area contributed by atoms with Crippen molar-refractivity contribution >= 4 is 29.6 Å². The minimum absolute atomic E-state index is 0.0372. The standard InChI is InChI=1S/C25H31N5O6/c1-15(28-23(33)18(26)12-16-8-4-2-5-9-16)22(32)29-19(13-17-10-6-3-7-11-17)24(34)30-20(25(35)36)14-21(27)31/h2-11,15,18-20H,12-14,26H2,1H3,(H2,27,31)(H,28,33)(H,29,32)(H,30,34)(H,35,36). The van der Waals surface area contributed by atoms with E-state index in [-0.39, 0.29) is 12.8 Å². The summed E-state index contributed by atoms with van der Waals surface area (Å²) in [6.07, 6.45) is -0.301. The zero-order valence-electron chi connectivity index (χ0n) is 19.8. The van der Waals surface area contributed by atoms with Crippen molar-refractivity contribution in [2.45, 2.75) is 50.4 Å². The van der Waals surface area contributed by atoms with Gasteiger partial charge in [-0.05, 0) is 24.5 Å². The van der Waals surface area contributed by atoms with E-state index in [1.54, 1.807) is 30.3 Å². The third-order valence-electron chi connectivity index (χ3n) is 5.32. The van der Waals surface area contributed by atoms with E-state index in [9.17, 15) is 29.1 Å². The summed E-state index contributed by atoms with van der Waals surface area (Å²) in [5.41, 5.74) is 12.6. The topological polar surface area (TPSA) is 194 Å². The fourth-order valence-corrected chi connectivity index (χ4v) is 3.38. The second-order valence-electron chi connectivity index (χ2n) is 8.35. The molecule has 0 fully saturated rings. The lowest BCUT2D eigenvalue weighted by molar-refractivity contribution is -0.143. The van der Waals surface area contributed by atoms with Gasteiger partial charge in [0.2, 0.25) is 23.6 Å². The predicted molar refractivity (Wildman–Crippen MR) is 131 cm³/mol. The third-order valence-corrected chi connectivity index (χ3v) is 5.32. The number of amides is 4. The van der Waals surface area contributed by atoms with Gasteiger partial charge < -0.3 is 32.5 Å². The molecule has 2 aromatic rings. The first-order valence-corrected chi connectivity index (χ1v) is 11.3. The van der Waals surface area contributed by atoms with E-state index in [4.69, 9.17) is 11.5 Å². The van der Waals surface area contributed by atoms with Gasteiger partial charge in [0.15, 0.2) is 0 Å². The van der Waals surface area contributed by atoms with E-state index >= 15 is 0 Å². The smallest absolute Gasteiger partial charge is 0.326 e. The van der Waals surface area contributed by atoms with Crippen LogP contribution in [0.25, 0.3) is 0 Å². The number of carboxylic acids is 1. The molecule has 0 bridgehead atoms. The molecule has 0 aliphatic carbocycles. The Bertz CT molecular complexity index is 1060. The molecular formula is C25H31N5O6. The molecule has 4 atom stereocenters. The Kier molecular flexibility index (Phi) is 10.6. The average molecular weight is 498 g/mol. The number of carboxylic acid groups (broad SMARTS) is 1. The fourth-order valence-electron chi connectivity index (χ4n) is 3.38. The van der Waals surface area contributed by atoms with E-state index in [2.05, 4.69) is 16.0 Å². The number of rotatable bonds is 13. The van der Waals surface area contributed by atoms with Crippen LogP contribution in [0.5, 0.6) is 0 Å². The van der Waals surface area contributed by atoms with E-state index < -0.39 is 60.2 Å².